The van der Waals surface area contributed by atoms with Gasteiger partial charge in [-0.1, -0.05) is 26.0 Å². The van der Waals surface area contributed by atoms with E-state index in [0.29, 0.717) is 12.1 Å². The Morgan fingerprint density at radius 1 is 1.38 bits per heavy atom. The Bertz CT molecular complexity index is 352. The number of halogens is 1. The molecule has 0 amide bonds. The van der Waals surface area contributed by atoms with E-state index in [1.54, 1.807) is 0 Å². The lowest BCUT2D eigenvalue weighted by Gasteiger charge is -2.21. The molecule has 1 fully saturated rings. The molecule has 1 aromatic carbocycles. The van der Waals surface area contributed by atoms with Crippen molar-refractivity contribution >= 4 is 21.6 Å². The van der Waals surface area contributed by atoms with Gasteiger partial charge >= 0.3 is 0 Å². The number of nitrogens with zero attached hydrogens (tertiary/aromatic N) is 1. The highest BCUT2D eigenvalue weighted by atomic mass is 79.9. The average molecular weight is 283 g/mol. The first kappa shape index (κ1) is 11.9. The molecule has 1 aliphatic heterocycles. The quantitative estimate of drug-likeness (QED) is 0.917. The first-order valence-corrected chi connectivity index (χ1v) is 6.71. The smallest absolute Gasteiger partial charge is 0.0511 e. The van der Waals surface area contributed by atoms with Crippen LogP contribution in [0.15, 0.2) is 28.7 Å². The summed E-state index contributed by atoms with van der Waals surface area (Å²) in [6.45, 7) is 6.68. The van der Waals surface area contributed by atoms with Crippen LogP contribution in [0, 0.1) is 0 Å². The van der Waals surface area contributed by atoms with Crippen LogP contribution in [0.25, 0.3) is 0 Å². The van der Waals surface area contributed by atoms with Crippen molar-refractivity contribution < 1.29 is 0 Å². The highest BCUT2D eigenvalue weighted by Gasteiger charge is 2.23. The molecule has 88 valence electrons. The molecule has 0 aromatic heterocycles. The fourth-order valence-electron chi connectivity index (χ4n) is 2.29. The fourth-order valence-corrected chi connectivity index (χ4v) is 2.83. The topological polar surface area (TPSA) is 15.3 Å². The molecule has 1 atom stereocenters. The summed E-state index contributed by atoms with van der Waals surface area (Å²) in [5.41, 5.74) is 1.32. The van der Waals surface area contributed by atoms with Crippen molar-refractivity contribution in [1.82, 2.24) is 5.32 Å². The van der Waals surface area contributed by atoms with Gasteiger partial charge in [-0.05, 0) is 34.5 Å². The summed E-state index contributed by atoms with van der Waals surface area (Å²) in [5.74, 6) is 0. The Balaban J connectivity index is 2.01. The van der Waals surface area contributed by atoms with Crippen LogP contribution in [-0.4, -0.2) is 25.2 Å². The summed E-state index contributed by atoms with van der Waals surface area (Å²) in [6, 6.07) is 9.66. The van der Waals surface area contributed by atoms with Crippen LogP contribution in [0.4, 0.5) is 5.69 Å². The maximum atomic E-state index is 3.61. The number of rotatable bonds is 3. The van der Waals surface area contributed by atoms with Crippen LogP contribution >= 0.6 is 15.9 Å². The van der Waals surface area contributed by atoms with E-state index < -0.39 is 0 Å². The standard InChI is InChI=1S/C13H19BrN2/c1-10(2)15-11-7-8-16(9-11)13-6-4-3-5-12(13)14/h3-6,10-11,15H,7-9H2,1-2H3. The molecule has 1 saturated heterocycles. The lowest BCUT2D eigenvalue weighted by atomic mass is 10.2. The minimum atomic E-state index is 0.573. The van der Waals surface area contributed by atoms with Gasteiger partial charge in [-0.2, -0.15) is 0 Å². The number of anilines is 1. The Morgan fingerprint density at radius 3 is 2.81 bits per heavy atom. The maximum Gasteiger partial charge on any atom is 0.0511 e. The van der Waals surface area contributed by atoms with Crippen LogP contribution in [-0.2, 0) is 0 Å². The van der Waals surface area contributed by atoms with E-state index in [1.807, 2.05) is 0 Å². The second-order valence-electron chi connectivity index (χ2n) is 4.70. The molecule has 0 radical (unpaired) electrons. The zero-order valence-corrected chi connectivity index (χ0v) is 11.5. The zero-order valence-electron chi connectivity index (χ0n) is 9.91. The number of hydrogen-bond acceptors (Lipinski definition) is 2. The van der Waals surface area contributed by atoms with Crippen molar-refractivity contribution in [3.8, 4) is 0 Å². The third-order valence-electron chi connectivity index (χ3n) is 2.95. The van der Waals surface area contributed by atoms with Gasteiger partial charge in [0.25, 0.3) is 0 Å². The first-order valence-electron chi connectivity index (χ1n) is 5.92. The molecule has 0 spiro atoms. The van der Waals surface area contributed by atoms with Gasteiger partial charge in [0.15, 0.2) is 0 Å². The van der Waals surface area contributed by atoms with E-state index in [1.165, 1.54) is 16.6 Å². The van der Waals surface area contributed by atoms with Gasteiger partial charge in [0.1, 0.15) is 0 Å². The second kappa shape index (κ2) is 5.19. The van der Waals surface area contributed by atoms with Crippen LogP contribution < -0.4 is 10.2 Å². The Morgan fingerprint density at radius 2 is 2.12 bits per heavy atom. The van der Waals surface area contributed by atoms with Crippen molar-refractivity contribution in [1.29, 1.82) is 0 Å². The van der Waals surface area contributed by atoms with Crippen molar-refractivity contribution in [3.63, 3.8) is 0 Å². The van der Waals surface area contributed by atoms with Gasteiger partial charge in [0.05, 0.1) is 5.69 Å². The minimum absolute atomic E-state index is 0.573. The third kappa shape index (κ3) is 2.77. The number of hydrogen-bond donors (Lipinski definition) is 1. The van der Waals surface area contributed by atoms with Gasteiger partial charge in [0, 0.05) is 29.6 Å². The minimum Gasteiger partial charge on any atom is -0.369 e. The molecule has 3 heteroatoms. The molecule has 16 heavy (non-hydrogen) atoms. The lowest BCUT2D eigenvalue weighted by molar-refractivity contribution is 0.492. The maximum absolute atomic E-state index is 3.61. The van der Waals surface area contributed by atoms with Crippen LogP contribution in [0.5, 0.6) is 0 Å². The summed E-state index contributed by atoms with van der Waals surface area (Å²) >= 11 is 3.61. The molecule has 1 unspecified atom stereocenters. The van der Waals surface area contributed by atoms with E-state index in [0.717, 1.165) is 13.1 Å². The SMILES string of the molecule is CC(C)NC1CCN(c2ccccc2Br)C1. The molecule has 0 aliphatic carbocycles. The molecule has 1 aliphatic rings. The number of nitrogens with one attached hydrogen (secondary N) is 1. The summed E-state index contributed by atoms with van der Waals surface area (Å²) < 4.78 is 1.19. The van der Waals surface area contributed by atoms with Crippen molar-refractivity contribution in [3.05, 3.63) is 28.7 Å². The number of benzene rings is 1. The van der Waals surface area contributed by atoms with E-state index in [2.05, 4.69) is 64.3 Å². The zero-order chi connectivity index (χ0) is 11.5. The Hall–Kier alpha value is -0.540. The van der Waals surface area contributed by atoms with Gasteiger partial charge in [-0.3, -0.25) is 0 Å². The highest BCUT2D eigenvalue weighted by Crippen LogP contribution is 2.28. The molecule has 1 N–H and O–H groups in total. The van der Waals surface area contributed by atoms with Gasteiger partial charge in [-0.15, -0.1) is 0 Å². The summed E-state index contributed by atoms with van der Waals surface area (Å²) in [6.07, 6.45) is 1.24. The molecule has 1 aromatic rings. The second-order valence-corrected chi connectivity index (χ2v) is 5.56. The van der Waals surface area contributed by atoms with Crippen molar-refractivity contribution in [2.24, 2.45) is 0 Å². The van der Waals surface area contributed by atoms with Crippen molar-refractivity contribution in [2.45, 2.75) is 32.4 Å². The van der Waals surface area contributed by atoms with Gasteiger partial charge in [0.2, 0.25) is 0 Å². The molecule has 1 heterocycles. The predicted octanol–water partition coefficient (Wildman–Crippen LogP) is 3.03. The molecular weight excluding hydrogens is 264 g/mol. The lowest BCUT2D eigenvalue weighted by Crippen LogP contribution is -2.37. The van der Waals surface area contributed by atoms with Crippen LogP contribution in [0.3, 0.4) is 0 Å². The molecule has 0 bridgehead atoms. The first-order chi connectivity index (χ1) is 7.66. The van der Waals surface area contributed by atoms with Gasteiger partial charge < -0.3 is 10.2 Å². The third-order valence-corrected chi connectivity index (χ3v) is 3.62. The van der Waals surface area contributed by atoms with Crippen LogP contribution in [0.2, 0.25) is 0 Å². The molecule has 2 rings (SSSR count). The molecule has 2 nitrogen and oxygen atoms in total. The van der Waals surface area contributed by atoms with E-state index in [9.17, 15) is 0 Å². The monoisotopic (exact) mass is 282 g/mol. The number of para-hydroxylation sites is 1. The van der Waals surface area contributed by atoms with E-state index >= 15 is 0 Å². The Kier molecular flexibility index (Phi) is 3.87. The van der Waals surface area contributed by atoms with E-state index in [4.69, 9.17) is 0 Å². The van der Waals surface area contributed by atoms with Gasteiger partial charge in [-0.25, -0.2) is 0 Å². The normalized spacial score (nSPS) is 20.8. The predicted molar refractivity (Wildman–Crippen MR) is 73.0 cm³/mol. The van der Waals surface area contributed by atoms with Crippen molar-refractivity contribution in [2.75, 3.05) is 18.0 Å². The Labute approximate surface area is 106 Å². The highest BCUT2D eigenvalue weighted by molar-refractivity contribution is 9.10. The summed E-state index contributed by atoms with van der Waals surface area (Å²) in [7, 11) is 0. The molecule has 0 saturated carbocycles. The van der Waals surface area contributed by atoms with Crippen LogP contribution in [0.1, 0.15) is 20.3 Å². The average Bonchev–Trinajstić information content (AvgIpc) is 2.66. The summed E-state index contributed by atoms with van der Waals surface area (Å²) in [5, 5.41) is 3.60. The fraction of sp³-hybridized carbons (Fsp3) is 0.538. The van der Waals surface area contributed by atoms with E-state index in [-0.39, 0.29) is 0 Å². The molecular formula is C13H19BrN2. The largest absolute Gasteiger partial charge is 0.369 e. The summed E-state index contributed by atoms with van der Waals surface area (Å²) in [4.78, 5) is 2.45.